The molecule has 0 bridgehead atoms. The van der Waals surface area contributed by atoms with E-state index in [0.717, 1.165) is 45.2 Å². The molecule has 4 aromatic rings. The molecule has 0 atom stereocenters. The highest BCUT2D eigenvalue weighted by Crippen LogP contribution is 2.37. The van der Waals surface area contributed by atoms with Gasteiger partial charge in [0.05, 0.1) is 6.26 Å². The van der Waals surface area contributed by atoms with E-state index in [9.17, 15) is 13.5 Å². The van der Waals surface area contributed by atoms with E-state index >= 15 is 0 Å². The molecule has 0 saturated carbocycles. The van der Waals surface area contributed by atoms with Gasteiger partial charge in [-0.15, -0.1) is 0 Å². The molecule has 0 radical (unpaired) electrons. The van der Waals surface area contributed by atoms with Crippen LogP contribution in [0.3, 0.4) is 0 Å². The lowest BCUT2D eigenvalue weighted by molar-refractivity contribution is 0.289. The highest BCUT2D eigenvalue weighted by atomic mass is 32.2. The van der Waals surface area contributed by atoms with Crippen molar-refractivity contribution in [1.29, 1.82) is 0 Å². The number of phenolic OH excluding ortho intramolecular Hbond substituents is 1. The van der Waals surface area contributed by atoms with Gasteiger partial charge in [0.25, 0.3) is 0 Å². The Morgan fingerprint density at radius 1 is 0.765 bits per heavy atom. The van der Waals surface area contributed by atoms with Crippen molar-refractivity contribution in [3.8, 4) is 39.5 Å². The molecule has 0 saturated heterocycles. The Hall–Kier alpha value is -3.77. The zero-order chi connectivity index (χ0) is 24.3. The Morgan fingerprint density at radius 3 is 1.97 bits per heavy atom. The standard InChI is InChI=1S/C28H26O5S/c1-19-15-24(22-9-12-25(13-10-22)33-34(3,30)31)16-20(2)28(19)23-11-14-27(26(29)17-23)32-18-21-7-5-4-6-8-21/h4-17,29H,18H2,1-3H3. The second-order valence-corrected chi connectivity index (χ2v) is 9.83. The van der Waals surface area contributed by atoms with Gasteiger partial charge in [0.2, 0.25) is 0 Å². The Balaban J connectivity index is 1.56. The first-order chi connectivity index (χ1) is 16.2. The predicted octanol–water partition coefficient (Wildman–Crippen LogP) is 6.26. The number of ether oxygens (including phenoxy) is 1. The van der Waals surface area contributed by atoms with Gasteiger partial charge in [-0.1, -0.05) is 60.7 Å². The first kappa shape index (κ1) is 23.4. The maximum atomic E-state index is 11.3. The Morgan fingerprint density at radius 2 is 1.38 bits per heavy atom. The highest BCUT2D eigenvalue weighted by Gasteiger charge is 2.13. The molecule has 0 fully saturated rings. The molecule has 0 aromatic heterocycles. The van der Waals surface area contributed by atoms with Crippen LogP contribution in [0, 0.1) is 13.8 Å². The molecule has 174 valence electrons. The van der Waals surface area contributed by atoms with Crippen LogP contribution in [0.4, 0.5) is 0 Å². The normalized spacial score (nSPS) is 11.3. The van der Waals surface area contributed by atoms with Crippen molar-refractivity contribution in [3.63, 3.8) is 0 Å². The minimum absolute atomic E-state index is 0.0952. The molecule has 0 unspecified atom stereocenters. The van der Waals surface area contributed by atoms with Crippen molar-refractivity contribution in [3.05, 3.63) is 102 Å². The third kappa shape index (κ3) is 5.58. The van der Waals surface area contributed by atoms with E-state index in [0.29, 0.717) is 12.4 Å². The number of aryl methyl sites for hydroxylation is 2. The summed E-state index contributed by atoms with van der Waals surface area (Å²) in [5.74, 6) is 0.815. The van der Waals surface area contributed by atoms with E-state index in [-0.39, 0.29) is 11.5 Å². The SMILES string of the molecule is Cc1cc(-c2ccc(OS(C)(=O)=O)cc2)cc(C)c1-c1ccc(OCc2ccccc2)c(O)c1. The average Bonchev–Trinajstić information content (AvgIpc) is 2.78. The maximum absolute atomic E-state index is 11.3. The van der Waals surface area contributed by atoms with Crippen LogP contribution in [0.1, 0.15) is 16.7 Å². The molecule has 0 spiro atoms. The van der Waals surface area contributed by atoms with Crippen LogP contribution in [0.5, 0.6) is 17.2 Å². The molecular weight excluding hydrogens is 448 g/mol. The lowest BCUT2D eigenvalue weighted by atomic mass is 9.91. The lowest BCUT2D eigenvalue weighted by Crippen LogP contribution is -2.05. The topological polar surface area (TPSA) is 72.8 Å². The molecule has 6 heteroatoms. The van der Waals surface area contributed by atoms with Crippen molar-refractivity contribution >= 4 is 10.1 Å². The predicted molar refractivity (Wildman–Crippen MR) is 135 cm³/mol. The molecule has 0 aliphatic rings. The number of benzene rings is 4. The van der Waals surface area contributed by atoms with E-state index in [4.69, 9.17) is 8.92 Å². The Labute approximate surface area is 200 Å². The van der Waals surface area contributed by atoms with E-state index < -0.39 is 10.1 Å². The van der Waals surface area contributed by atoms with Gasteiger partial charge in [-0.25, -0.2) is 0 Å². The summed E-state index contributed by atoms with van der Waals surface area (Å²) in [6, 6.07) is 26.4. The first-order valence-electron chi connectivity index (χ1n) is 10.8. The molecule has 4 rings (SSSR count). The quantitative estimate of drug-likeness (QED) is 0.320. The molecule has 34 heavy (non-hydrogen) atoms. The van der Waals surface area contributed by atoms with Crippen LogP contribution in [0.15, 0.2) is 84.9 Å². The van der Waals surface area contributed by atoms with Gasteiger partial charge in [-0.05, 0) is 77.1 Å². The average molecular weight is 475 g/mol. The second kappa shape index (κ2) is 9.61. The summed E-state index contributed by atoms with van der Waals surface area (Å²) in [5, 5.41) is 10.6. The van der Waals surface area contributed by atoms with E-state index in [2.05, 4.69) is 12.1 Å². The summed E-state index contributed by atoms with van der Waals surface area (Å²) in [6.07, 6.45) is 1.02. The van der Waals surface area contributed by atoms with Crippen LogP contribution < -0.4 is 8.92 Å². The van der Waals surface area contributed by atoms with Crippen molar-refractivity contribution < 1.29 is 22.4 Å². The smallest absolute Gasteiger partial charge is 0.306 e. The monoisotopic (exact) mass is 474 g/mol. The fourth-order valence-corrected chi connectivity index (χ4v) is 4.45. The van der Waals surface area contributed by atoms with Crippen molar-refractivity contribution in [2.45, 2.75) is 20.5 Å². The van der Waals surface area contributed by atoms with Gasteiger partial charge < -0.3 is 14.0 Å². The summed E-state index contributed by atoms with van der Waals surface area (Å²) in [7, 11) is -3.56. The fraction of sp³-hybridized carbons (Fsp3) is 0.143. The maximum Gasteiger partial charge on any atom is 0.306 e. The van der Waals surface area contributed by atoms with Gasteiger partial charge in [-0.3, -0.25) is 0 Å². The Kier molecular flexibility index (Phi) is 6.61. The minimum Gasteiger partial charge on any atom is -0.504 e. The number of rotatable bonds is 7. The van der Waals surface area contributed by atoms with Crippen LogP contribution >= 0.6 is 0 Å². The third-order valence-electron chi connectivity index (χ3n) is 5.45. The van der Waals surface area contributed by atoms with Gasteiger partial charge in [0.15, 0.2) is 11.5 Å². The van der Waals surface area contributed by atoms with Gasteiger partial charge in [0, 0.05) is 0 Å². The summed E-state index contributed by atoms with van der Waals surface area (Å²) in [6.45, 7) is 4.45. The van der Waals surface area contributed by atoms with Crippen LogP contribution in [0.25, 0.3) is 22.3 Å². The molecule has 0 aliphatic heterocycles. The molecule has 1 N–H and O–H groups in total. The summed E-state index contributed by atoms with van der Waals surface area (Å²) in [5.41, 5.74) is 7.06. The second-order valence-electron chi connectivity index (χ2n) is 8.25. The summed E-state index contributed by atoms with van der Waals surface area (Å²) in [4.78, 5) is 0. The van der Waals surface area contributed by atoms with E-state index in [1.807, 2.05) is 62.4 Å². The van der Waals surface area contributed by atoms with Crippen LogP contribution in [0.2, 0.25) is 0 Å². The number of hydrogen-bond acceptors (Lipinski definition) is 5. The molecule has 0 amide bonds. The fourth-order valence-electron chi connectivity index (χ4n) is 3.99. The first-order valence-corrected chi connectivity index (χ1v) is 12.6. The number of aromatic hydroxyl groups is 1. The molecular formula is C28H26O5S. The molecule has 0 heterocycles. The lowest BCUT2D eigenvalue weighted by Gasteiger charge is -2.15. The Bertz CT molecular complexity index is 1390. The number of hydrogen-bond donors (Lipinski definition) is 1. The summed E-state index contributed by atoms with van der Waals surface area (Å²) >= 11 is 0. The zero-order valence-electron chi connectivity index (χ0n) is 19.3. The largest absolute Gasteiger partial charge is 0.504 e. The number of phenols is 1. The van der Waals surface area contributed by atoms with Gasteiger partial charge in [0.1, 0.15) is 12.4 Å². The van der Waals surface area contributed by atoms with Crippen molar-refractivity contribution in [2.75, 3.05) is 6.26 Å². The third-order valence-corrected chi connectivity index (χ3v) is 5.95. The van der Waals surface area contributed by atoms with Crippen molar-refractivity contribution in [2.24, 2.45) is 0 Å². The molecule has 0 aliphatic carbocycles. The van der Waals surface area contributed by atoms with Gasteiger partial charge in [-0.2, -0.15) is 8.42 Å². The summed E-state index contributed by atoms with van der Waals surface area (Å²) < 4.78 is 33.3. The van der Waals surface area contributed by atoms with Crippen molar-refractivity contribution in [1.82, 2.24) is 0 Å². The zero-order valence-corrected chi connectivity index (χ0v) is 20.1. The highest BCUT2D eigenvalue weighted by molar-refractivity contribution is 7.86. The van der Waals surface area contributed by atoms with E-state index in [1.165, 1.54) is 0 Å². The van der Waals surface area contributed by atoms with Crippen LogP contribution in [-0.2, 0) is 16.7 Å². The molecule has 4 aromatic carbocycles. The molecule has 5 nitrogen and oxygen atoms in total. The van der Waals surface area contributed by atoms with Gasteiger partial charge >= 0.3 is 10.1 Å². The van der Waals surface area contributed by atoms with Crippen LogP contribution in [-0.4, -0.2) is 19.8 Å². The van der Waals surface area contributed by atoms with E-state index in [1.54, 1.807) is 24.3 Å². The minimum atomic E-state index is -3.56.